The van der Waals surface area contributed by atoms with Crippen LogP contribution in [0.3, 0.4) is 0 Å². The van der Waals surface area contributed by atoms with E-state index in [2.05, 4.69) is 4.74 Å². The molecule has 0 saturated carbocycles. The van der Waals surface area contributed by atoms with E-state index in [-0.39, 0.29) is 0 Å². The van der Waals surface area contributed by atoms with Gasteiger partial charge in [0.25, 0.3) is 0 Å². The molecule has 0 atom stereocenters. The third-order valence-electron chi connectivity index (χ3n) is 0.603. The van der Waals surface area contributed by atoms with Gasteiger partial charge in [0.15, 0.2) is 0 Å². The molecule has 0 aliphatic rings. The number of carbonyl (C=O) groups is 2. The largest absolute Gasteiger partial charge is 0.491 e. The van der Waals surface area contributed by atoms with E-state index in [1.165, 1.54) is 0 Å². The van der Waals surface area contributed by atoms with Crippen LogP contribution in [0.1, 0.15) is 0 Å². The smallest absolute Gasteiger partial charge is 0.382 e. The number of alkyl halides is 5. The molecule has 0 aromatic carbocycles. The van der Waals surface area contributed by atoms with Crippen LogP contribution in [0, 0.1) is 0 Å². The summed E-state index contributed by atoms with van der Waals surface area (Å²) in [7, 11) is 0. The maximum Gasteiger partial charge on any atom is 0.491 e. The van der Waals surface area contributed by atoms with Crippen molar-refractivity contribution in [3.05, 3.63) is 0 Å². The van der Waals surface area contributed by atoms with Crippen molar-refractivity contribution in [3.63, 3.8) is 0 Å². The molecule has 0 bridgehead atoms. The molecule has 12 heavy (non-hydrogen) atoms. The molecule has 0 aliphatic carbocycles. The summed E-state index contributed by atoms with van der Waals surface area (Å²) in [5.41, 5.74) is 0. The van der Waals surface area contributed by atoms with E-state index in [1.807, 2.05) is 0 Å². The van der Waals surface area contributed by atoms with Crippen LogP contribution in [-0.4, -0.2) is 24.5 Å². The number of ether oxygens (including phenoxy) is 1. The molecule has 0 aromatic heterocycles. The molecule has 0 aromatic rings. The van der Waals surface area contributed by atoms with Gasteiger partial charge in [-0.15, -0.1) is 0 Å². The molecule has 0 spiro atoms. The van der Waals surface area contributed by atoms with Gasteiger partial charge in [-0.2, -0.15) is 22.0 Å². The molecule has 0 N–H and O–H groups in total. The van der Waals surface area contributed by atoms with Gasteiger partial charge in [0.05, 0.1) is 0 Å². The van der Waals surface area contributed by atoms with E-state index in [4.69, 9.17) is 0 Å². The van der Waals surface area contributed by atoms with E-state index in [1.54, 1.807) is 0 Å². The van der Waals surface area contributed by atoms with Crippen molar-refractivity contribution in [2.75, 3.05) is 0 Å². The first-order valence-corrected chi connectivity index (χ1v) is 2.36. The Hall–Kier alpha value is -1.21. The first-order chi connectivity index (χ1) is 5.25. The lowest BCUT2D eigenvalue weighted by atomic mass is 10.6. The Labute approximate surface area is 62.1 Å². The molecular formula is C4HF5O3. The molecule has 0 saturated heterocycles. The van der Waals surface area contributed by atoms with Crippen LogP contribution < -0.4 is 0 Å². The SMILES string of the molecule is O=C(OC(=O)C(F)(F)F)C(F)F. The molecule has 0 aliphatic heterocycles. The van der Waals surface area contributed by atoms with Gasteiger partial charge in [-0.3, -0.25) is 0 Å². The van der Waals surface area contributed by atoms with Crippen molar-refractivity contribution in [1.82, 2.24) is 0 Å². The fourth-order valence-corrected chi connectivity index (χ4v) is 0.194. The molecule has 0 radical (unpaired) electrons. The summed E-state index contributed by atoms with van der Waals surface area (Å²) >= 11 is 0. The second-order valence-corrected chi connectivity index (χ2v) is 1.51. The quantitative estimate of drug-likeness (QED) is 0.352. The van der Waals surface area contributed by atoms with Crippen molar-refractivity contribution in [3.8, 4) is 0 Å². The fraction of sp³-hybridized carbons (Fsp3) is 0.500. The summed E-state index contributed by atoms with van der Waals surface area (Å²) in [6.45, 7) is 0. The number of esters is 2. The first kappa shape index (κ1) is 10.8. The Kier molecular flexibility index (Phi) is 3.11. The Balaban J connectivity index is 4.12. The Morgan fingerprint density at radius 1 is 1.17 bits per heavy atom. The monoisotopic (exact) mass is 192 g/mol. The topological polar surface area (TPSA) is 43.4 Å². The molecular weight excluding hydrogens is 191 g/mol. The normalized spacial score (nSPS) is 11.5. The maximum absolute atomic E-state index is 11.2. The average molecular weight is 192 g/mol. The van der Waals surface area contributed by atoms with Crippen LogP contribution in [0.5, 0.6) is 0 Å². The van der Waals surface area contributed by atoms with E-state index in [0.29, 0.717) is 0 Å². The number of halogens is 5. The number of carbonyl (C=O) groups excluding carboxylic acids is 2. The summed E-state index contributed by atoms with van der Waals surface area (Å²) in [6.07, 6.45) is -9.19. The van der Waals surface area contributed by atoms with Gasteiger partial charge in [0.1, 0.15) is 0 Å². The van der Waals surface area contributed by atoms with Gasteiger partial charge in [-0.25, -0.2) is 9.59 Å². The molecule has 0 rings (SSSR count). The molecule has 3 nitrogen and oxygen atoms in total. The van der Waals surface area contributed by atoms with E-state index >= 15 is 0 Å². The molecule has 8 heteroatoms. The standard InChI is InChI=1S/C4HF5O3/c5-1(6)2(10)12-3(11)4(7,8)9/h1H. The highest BCUT2D eigenvalue weighted by Gasteiger charge is 2.43. The summed E-state index contributed by atoms with van der Waals surface area (Å²) in [4.78, 5) is 19.4. The predicted octanol–water partition coefficient (Wildman–Crippen LogP) is 0.884. The zero-order valence-corrected chi connectivity index (χ0v) is 5.19. The van der Waals surface area contributed by atoms with E-state index < -0.39 is 24.5 Å². The highest BCUT2D eigenvalue weighted by Crippen LogP contribution is 2.17. The molecule has 70 valence electrons. The summed E-state index contributed by atoms with van der Waals surface area (Å²) in [5.74, 6) is -5.47. The highest BCUT2D eigenvalue weighted by atomic mass is 19.4. The average Bonchev–Trinajstić information content (AvgIpc) is 1.85. The minimum atomic E-state index is -5.44. The molecule has 0 heterocycles. The minimum absolute atomic E-state index is 2.52. The fourth-order valence-electron chi connectivity index (χ4n) is 0.194. The lowest BCUT2D eigenvalue weighted by Gasteiger charge is -2.03. The van der Waals surface area contributed by atoms with Gasteiger partial charge < -0.3 is 4.74 Å². The van der Waals surface area contributed by atoms with E-state index in [0.717, 1.165) is 0 Å². The molecule has 0 unspecified atom stereocenters. The lowest BCUT2D eigenvalue weighted by molar-refractivity contribution is -0.205. The number of rotatable bonds is 1. The van der Waals surface area contributed by atoms with Crippen LogP contribution in [0.2, 0.25) is 0 Å². The van der Waals surface area contributed by atoms with Crippen molar-refractivity contribution in [2.45, 2.75) is 12.6 Å². The maximum atomic E-state index is 11.2. The summed E-state index contributed by atoms with van der Waals surface area (Å²) in [6, 6.07) is 0. The summed E-state index contributed by atoms with van der Waals surface area (Å²) in [5, 5.41) is 0. The third kappa shape index (κ3) is 3.26. The van der Waals surface area contributed by atoms with Crippen molar-refractivity contribution < 1.29 is 36.3 Å². The predicted molar refractivity (Wildman–Crippen MR) is 23.2 cm³/mol. The van der Waals surface area contributed by atoms with Gasteiger partial charge in [0.2, 0.25) is 0 Å². The Morgan fingerprint density at radius 2 is 1.58 bits per heavy atom. The minimum Gasteiger partial charge on any atom is -0.382 e. The van der Waals surface area contributed by atoms with Gasteiger partial charge in [-0.05, 0) is 0 Å². The second kappa shape index (κ2) is 3.46. The number of hydrogen-bond donors (Lipinski definition) is 0. The van der Waals surface area contributed by atoms with Crippen molar-refractivity contribution in [2.24, 2.45) is 0 Å². The van der Waals surface area contributed by atoms with Crippen LogP contribution >= 0.6 is 0 Å². The van der Waals surface area contributed by atoms with Crippen LogP contribution in [0.25, 0.3) is 0 Å². The second-order valence-electron chi connectivity index (χ2n) is 1.51. The molecule has 0 fully saturated rings. The summed E-state index contributed by atoms with van der Waals surface area (Å²) < 4.78 is 58.7. The van der Waals surface area contributed by atoms with Crippen molar-refractivity contribution >= 4 is 11.9 Å². The lowest BCUT2D eigenvalue weighted by Crippen LogP contribution is -2.30. The van der Waals surface area contributed by atoms with Crippen LogP contribution in [0.4, 0.5) is 22.0 Å². The molecule has 0 amide bonds. The number of hydrogen-bond acceptors (Lipinski definition) is 3. The third-order valence-corrected chi connectivity index (χ3v) is 0.603. The van der Waals surface area contributed by atoms with Crippen LogP contribution in [-0.2, 0) is 14.3 Å². The highest BCUT2D eigenvalue weighted by molar-refractivity contribution is 5.89. The van der Waals surface area contributed by atoms with Crippen LogP contribution in [0.15, 0.2) is 0 Å². The van der Waals surface area contributed by atoms with E-state index in [9.17, 15) is 31.5 Å². The zero-order valence-electron chi connectivity index (χ0n) is 5.19. The van der Waals surface area contributed by atoms with Crippen molar-refractivity contribution in [1.29, 1.82) is 0 Å². The Bertz CT molecular complexity index is 195. The van der Waals surface area contributed by atoms with Gasteiger partial charge >= 0.3 is 24.5 Å². The van der Waals surface area contributed by atoms with Gasteiger partial charge in [0, 0.05) is 0 Å². The zero-order chi connectivity index (χ0) is 9.94. The van der Waals surface area contributed by atoms with Gasteiger partial charge in [-0.1, -0.05) is 0 Å². The first-order valence-electron chi connectivity index (χ1n) is 2.36. The Morgan fingerprint density at radius 3 is 1.83 bits per heavy atom.